The van der Waals surface area contributed by atoms with Crippen LogP contribution in [0.25, 0.3) is 6.08 Å². The predicted molar refractivity (Wildman–Crippen MR) is 125 cm³/mol. The van der Waals surface area contributed by atoms with Crippen LogP contribution in [0.3, 0.4) is 0 Å². The zero-order valence-corrected chi connectivity index (χ0v) is 18.6. The highest BCUT2D eigenvalue weighted by Crippen LogP contribution is 2.37. The van der Waals surface area contributed by atoms with E-state index < -0.39 is 0 Å². The number of likely N-dealkylation sites (N-methyl/N-ethyl adjacent to an activating group) is 1. The second kappa shape index (κ2) is 9.67. The number of aryl methyl sites for hydroxylation is 1. The minimum Gasteiger partial charge on any atom is -0.493 e. The summed E-state index contributed by atoms with van der Waals surface area (Å²) in [5, 5.41) is 0.653. The van der Waals surface area contributed by atoms with E-state index in [4.69, 9.17) is 9.47 Å². The van der Waals surface area contributed by atoms with Gasteiger partial charge in [0.25, 0.3) is 5.91 Å². The molecule has 0 saturated carbocycles. The summed E-state index contributed by atoms with van der Waals surface area (Å²) in [5.74, 6) is 1.27. The smallest absolute Gasteiger partial charge is 0.266 e. The molecule has 0 unspecified atom stereocenters. The van der Waals surface area contributed by atoms with Gasteiger partial charge in [-0.15, -0.1) is 6.58 Å². The van der Waals surface area contributed by atoms with Crippen molar-refractivity contribution in [1.29, 1.82) is 0 Å². The Labute approximate surface area is 182 Å². The minimum atomic E-state index is -0.0788. The molecule has 0 spiro atoms. The van der Waals surface area contributed by atoms with Gasteiger partial charge in [-0.2, -0.15) is 0 Å². The van der Waals surface area contributed by atoms with Gasteiger partial charge < -0.3 is 9.47 Å². The summed E-state index contributed by atoms with van der Waals surface area (Å²) in [5.41, 5.74) is 3.82. The van der Waals surface area contributed by atoms with Gasteiger partial charge in [0.1, 0.15) is 0 Å². The third kappa shape index (κ3) is 4.76. The fraction of sp³-hybridized carbons (Fsp3) is 0.250. The number of aliphatic imine (C=N–C) groups is 1. The molecule has 0 aliphatic carbocycles. The van der Waals surface area contributed by atoms with Gasteiger partial charge in [0.15, 0.2) is 16.7 Å². The number of rotatable bonds is 7. The van der Waals surface area contributed by atoms with Crippen LogP contribution in [0.4, 0.5) is 5.69 Å². The predicted octanol–water partition coefficient (Wildman–Crippen LogP) is 5.36. The summed E-state index contributed by atoms with van der Waals surface area (Å²) >= 11 is 1.36. The number of nitrogens with zero attached hydrogens (tertiary/aromatic N) is 2. The zero-order valence-electron chi connectivity index (χ0n) is 17.8. The van der Waals surface area contributed by atoms with Crippen molar-refractivity contribution in [2.75, 3.05) is 20.8 Å². The summed E-state index contributed by atoms with van der Waals surface area (Å²) in [4.78, 5) is 19.6. The van der Waals surface area contributed by atoms with E-state index >= 15 is 0 Å². The van der Waals surface area contributed by atoms with Crippen molar-refractivity contribution < 1.29 is 14.3 Å². The Bertz CT molecular complexity index is 1010. The van der Waals surface area contributed by atoms with Crippen molar-refractivity contribution in [3.8, 4) is 11.5 Å². The number of amides is 1. The number of methoxy groups -OCH3 is 1. The van der Waals surface area contributed by atoms with Gasteiger partial charge in [-0.1, -0.05) is 23.8 Å². The Morgan fingerprint density at radius 1 is 1.23 bits per heavy atom. The van der Waals surface area contributed by atoms with Gasteiger partial charge >= 0.3 is 0 Å². The summed E-state index contributed by atoms with van der Waals surface area (Å²) in [6, 6.07) is 11.8. The van der Waals surface area contributed by atoms with Crippen LogP contribution in [-0.4, -0.2) is 36.7 Å². The molecule has 1 saturated heterocycles. The SMILES string of the molecule is C=CCc1cc(/C=C2/SC(=Nc3ccc(C)cc3)N(C)C2=O)cc(OCC)c1OC. The number of hydrogen-bond donors (Lipinski definition) is 0. The summed E-state index contributed by atoms with van der Waals surface area (Å²) in [6.45, 7) is 8.31. The number of ether oxygens (including phenoxy) is 2. The van der Waals surface area contributed by atoms with Crippen molar-refractivity contribution in [2.24, 2.45) is 4.99 Å². The normalized spacial score (nSPS) is 16.4. The molecule has 1 aliphatic rings. The Kier molecular flexibility index (Phi) is 7.00. The molecule has 6 heteroatoms. The maximum absolute atomic E-state index is 12.8. The molecule has 0 aromatic heterocycles. The molecule has 1 heterocycles. The van der Waals surface area contributed by atoms with Gasteiger partial charge in [0.2, 0.25) is 0 Å². The monoisotopic (exact) mass is 422 g/mol. The summed E-state index contributed by atoms with van der Waals surface area (Å²) < 4.78 is 11.3. The second-order valence-corrected chi connectivity index (χ2v) is 7.85. The van der Waals surface area contributed by atoms with Crippen molar-refractivity contribution in [3.63, 3.8) is 0 Å². The number of thioether (sulfide) groups is 1. The topological polar surface area (TPSA) is 51.1 Å². The summed E-state index contributed by atoms with van der Waals surface area (Å²) in [7, 11) is 3.37. The van der Waals surface area contributed by atoms with E-state index in [-0.39, 0.29) is 5.91 Å². The van der Waals surface area contributed by atoms with Crippen LogP contribution >= 0.6 is 11.8 Å². The first-order chi connectivity index (χ1) is 14.5. The lowest BCUT2D eigenvalue weighted by Crippen LogP contribution is -2.23. The Morgan fingerprint density at radius 2 is 1.97 bits per heavy atom. The molecular weight excluding hydrogens is 396 g/mol. The van der Waals surface area contributed by atoms with Gasteiger partial charge in [0.05, 0.1) is 24.3 Å². The van der Waals surface area contributed by atoms with Gasteiger partial charge in [-0.25, -0.2) is 4.99 Å². The highest BCUT2D eigenvalue weighted by molar-refractivity contribution is 8.18. The van der Waals surface area contributed by atoms with Crippen LogP contribution in [0.2, 0.25) is 0 Å². The number of carbonyl (C=O) groups is 1. The van der Waals surface area contributed by atoms with E-state index in [0.717, 1.165) is 16.8 Å². The summed E-state index contributed by atoms with van der Waals surface area (Å²) in [6.07, 6.45) is 4.33. The van der Waals surface area contributed by atoms with Gasteiger partial charge in [0, 0.05) is 12.6 Å². The number of carbonyl (C=O) groups excluding carboxylic acids is 1. The van der Waals surface area contributed by atoms with E-state index in [1.807, 2.05) is 62.4 Å². The Morgan fingerprint density at radius 3 is 2.60 bits per heavy atom. The minimum absolute atomic E-state index is 0.0788. The first kappa shape index (κ1) is 21.7. The van der Waals surface area contributed by atoms with E-state index in [2.05, 4.69) is 11.6 Å². The molecule has 1 fully saturated rings. The van der Waals surface area contributed by atoms with E-state index in [9.17, 15) is 4.79 Å². The van der Waals surface area contributed by atoms with Crippen LogP contribution in [0.1, 0.15) is 23.6 Å². The van der Waals surface area contributed by atoms with E-state index in [1.165, 1.54) is 17.3 Å². The lowest BCUT2D eigenvalue weighted by Gasteiger charge is -2.14. The molecule has 1 aliphatic heterocycles. The van der Waals surface area contributed by atoms with Crippen LogP contribution in [0.5, 0.6) is 11.5 Å². The largest absolute Gasteiger partial charge is 0.493 e. The van der Waals surface area contributed by atoms with Crippen LogP contribution < -0.4 is 9.47 Å². The fourth-order valence-electron chi connectivity index (χ4n) is 3.10. The van der Waals surface area contributed by atoms with Gasteiger partial charge in [-0.3, -0.25) is 9.69 Å². The van der Waals surface area contributed by atoms with Crippen LogP contribution in [-0.2, 0) is 11.2 Å². The Hall–Kier alpha value is -2.99. The average molecular weight is 423 g/mol. The highest BCUT2D eigenvalue weighted by Gasteiger charge is 2.30. The molecule has 0 radical (unpaired) electrons. The standard InChI is InChI=1S/C24H26N2O3S/c1-6-8-18-13-17(14-20(29-7-2)22(18)28-5)15-21-23(27)26(4)24(30-21)25-19-11-9-16(3)10-12-19/h6,9-15H,1,7-8H2,2-5H3/b21-15+,25-24?. The number of benzene rings is 2. The molecular formula is C24H26N2O3S. The fourth-order valence-corrected chi connectivity index (χ4v) is 4.09. The molecule has 3 rings (SSSR count). The zero-order chi connectivity index (χ0) is 21.7. The molecule has 2 aromatic rings. The molecule has 2 aromatic carbocycles. The van der Waals surface area contributed by atoms with E-state index in [0.29, 0.717) is 34.6 Å². The maximum Gasteiger partial charge on any atom is 0.266 e. The first-order valence-corrected chi connectivity index (χ1v) is 10.6. The van der Waals surface area contributed by atoms with Gasteiger partial charge in [-0.05, 0) is 67.9 Å². The number of hydrogen-bond acceptors (Lipinski definition) is 5. The number of allylic oxidation sites excluding steroid dienone is 1. The molecule has 156 valence electrons. The molecule has 1 amide bonds. The van der Waals surface area contributed by atoms with Crippen LogP contribution in [0, 0.1) is 6.92 Å². The van der Waals surface area contributed by atoms with E-state index in [1.54, 1.807) is 19.1 Å². The van der Waals surface area contributed by atoms with Crippen molar-refractivity contribution >= 4 is 34.6 Å². The molecule has 0 N–H and O–H groups in total. The third-order valence-corrected chi connectivity index (χ3v) is 5.64. The molecule has 0 atom stereocenters. The first-order valence-electron chi connectivity index (χ1n) is 9.74. The third-order valence-electron chi connectivity index (χ3n) is 4.58. The maximum atomic E-state index is 12.8. The number of amidine groups is 1. The second-order valence-electron chi connectivity index (χ2n) is 6.84. The Balaban J connectivity index is 1.96. The highest BCUT2D eigenvalue weighted by atomic mass is 32.2. The molecule has 5 nitrogen and oxygen atoms in total. The van der Waals surface area contributed by atoms with Crippen molar-refractivity contribution in [3.05, 3.63) is 70.6 Å². The lowest BCUT2D eigenvalue weighted by molar-refractivity contribution is -0.121. The molecule has 30 heavy (non-hydrogen) atoms. The average Bonchev–Trinajstić information content (AvgIpc) is 2.98. The van der Waals surface area contributed by atoms with Crippen LogP contribution in [0.15, 0.2) is 59.0 Å². The lowest BCUT2D eigenvalue weighted by atomic mass is 10.0. The molecule has 0 bridgehead atoms. The van der Waals surface area contributed by atoms with Crippen molar-refractivity contribution in [2.45, 2.75) is 20.3 Å². The quantitative estimate of drug-likeness (QED) is 0.445. The van der Waals surface area contributed by atoms with Crippen molar-refractivity contribution in [1.82, 2.24) is 4.90 Å².